The van der Waals surface area contributed by atoms with Gasteiger partial charge in [0.2, 0.25) is 0 Å². The van der Waals surface area contributed by atoms with Crippen molar-refractivity contribution in [1.82, 2.24) is 0 Å². The van der Waals surface area contributed by atoms with E-state index >= 15 is 0 Å². The molecule has 0 radical (unpaired) electrons. The summed E-state index contributed by atoms with van der Waals surface area (Å²) in [6, 6.07) is 0. The quantitative estimate of drug-likeness (QED) is 0.312. The fraction of sp³-hybridized carbons (Fsp3) is 0.762. The minimum Gasteiger partial charge on any atom is -0.481 e. The van der Waals surface area contributed by atoms with Crippen LogP contribution < -0.4 is 0 Å². The molecule has 0 bridgehead atoms. The highest BCUT2D eigenvalue weighted by molar-refractivity contribution is 5.66. The van der Waals surface area contributed by atoms with Crippen LogP contribution in [0.5, 0.6) is 0 Å². The van der Waals surface area contributed by atoms with Crippen molar-refractivity contribution in [3.05, 3.63) is 24.3 Å². The molecule has 26 heavy (non-hydrogen) atoms. The van der Waals surface area contributed by atoms with Crippen LogP contribution in [0.2, 0.25) is 0 Å². The van der Waals surface area contributed by atoms with Crippen LogP contribution >= 0.6 is 0 Å². The topological polar surface area (TPSA) is 98.0 Å². The van der Waals surface area contributed by atoms with E-state index in [4.69, 9.17) is 5.11 Å². The minimum atomic E-state index is -0.889. The van der Waals surface area contributed by atoms with E-state index in [0.29, 0.717) is 32.1 Å². The number of hydrogen-bond donors (Lipinski definition) is 4. The lowest BCUT2D eigenvalue weighted by atomic mass is 9.88. The van der Waals surface area contributed by atoms with E-state index in [1.807, 2.05) is 18.2 Å². The highest BCUT2D eigenvalue weighted by Gasteiger charge is 2.39. The summed E-state index contributed by atoms with van der Waals surface area (Å²) in [6.07, 6.45) is 12.7. The molecule has 1 rings (SSSR count). The fourth-order valence-electron chi connectivity index (χ4n) is 3.58. The molecule has 1 saturated carbocycles. The molecule has 0 aliphatic heterocycles. The molecule has 5 atom stereocenters. The van der Waals surface area contributed by atoms with Gasteiger partial charge in [0.25, 0.3) is 0 Å². The van der Waals surface area contributed by atoms with Crippen molar-refractivity contribution < 1.29 is 25.2 Å². The molecule has 0 spiro atoms. The zero-order valence-corrected chi connectivity index (χ0v) is 16.2. The lowest BCUT2D eigenvalue weighted by Crippen LogP contribution is -2.24. The molecule has 0 aromatic heterocycles. The molecular weight excluding hydrogens is 332 g/mol. The van der Waals surface area contributed by atoms with Gasteiger partial charge < -0.3 is 20.4 Å². The van der Waals surface area contributed by atoms with Gasteiger partial charge in [0.15, 0.2) is 0 Å². The van der Waals surface area contributed by atoms with Crippen molar-refractivity contribution in [3.63, 3.8) is 0 Å². The zero-order chi connectivity index (χ0) is 19.6. The lowest BCUT2D eigenvalue weighted by Gasteiger charge is -2.23. The second-order valence-corrected chi connectivity index (χ2v) is 7.78. The average Bonchev–Trinajstić information content (AvgIpc) is 2.82. The van der Waals surface area contributed by atoms with E-state index in [1.54, 1.807) is 13.0 Å². The number of carboxylic acids is 1. The lowest BCUT2D eigenvalue weighted by molar-refractivity contribution is -0.137. The van der Waals surface area contributed by atoms with E-state index in [9.17, 15) is 20.1 Å². The number of carboxylic acid groups (broad SMARTS) is 1. The van der Waals surface area contributed by atoms with Crippen molar-refractivity contribution in [2.75, 3.05) is 0 Å². The standard InChI is InChI=1S/C21H36O5/c1-3-4-9-13-21(2,26)14-12-17-16(18(22)15-19(17)23)10-7-5-6-8-11-20(24)25/h5,7,12,14,16-19,22-23,26H,3-4,6,8-11,13,15H2,1-2H3,(H,24,25)/b7-5-,14-12+/t16?,17?,18-,19+,21-/m0/s1. The predicted octanol–water partition coefficient (Wildman–Crippen LogP) is 3.43. The van der Waals surface area contributed by atoms with Gasteiger partial charge in [-0.15, -0.1) is 0 Å². The molecule has 0 amide bonds. The van der Waals surface area contributed by atoms with Crippen molar-refractivity contribution in [3.8, 4) is 0 Å². The van der Waals surface area contributed by atoms with Crippen LogP contribution in [0.15, 0.2) is 24.3 Å². The first-order valence-electron chi connectivity index (χ1n) is 9.91. The van der Waals surface area contributed by atoms with Crippen molar-refractivity contribution in [1.29, 1.82) is 0 Å². The molecule has 0 aromatic rings. The molecule has 0 saturated heterocycles. The number of aliphatic hydroxyl groups is 3. The number of aliphatic hydroxyl groups excluding tert-OH is 2. The first-order valence-corrected chi connectivity index (χ1v) is 9.91. The van der Waals surface area contributed by atoms with Gasteiger partial charge in [0.1, 0.15) is 0 Å². The Bertz CT molecular complexity index is 469. The summed E-state index contributed by atoms with van der Waals surface area (Å²) in [5.41, 5.74) is -0.889. The second-order valence-electron chi connectivity index (χ2n) is 7.78. The van der Waals surface area contributed by atoms with Crippen LogP contribution in [-0.2, 0) is 4.79 Å². The van der Waals surface area contributed by atoms with Crippen LogP contribution in [0.3, 0.4) is 0 Å². The molecule has 0 aromatic carbocycles. The summed E-state index contributed by atoms with van der Waals surface area (Å²) >= 11 is 0. The van der Waals surface area contributed by atoms with E-state index in [0.717, 1.165) is 19.3 Å². The second kappa shape index (κ2) is 11.5. The molecule has 4 N–H and O–H groups in total. The Labute approximate surface area is 157 Å². The summed E-state index contributed by atoms with van der Waals surface area (Å²) < 4.78 is 0. The maximum atomic E-state index is 10.5. The third kappa shape index (κ3) is 8.47. The maximum absolute atomic E-state index is 10.5. The molecule has 1 aliphatic carbocycles. The highest BCUT2D eigenvalue weighted by Crippen LogP contribution is 2.37. The molecule has 5 heteroatoms. The van der Waals surface area contributed by atoms with Gasteiger partial charge in [-0.3, -0.25) is 4.79 Å². The van der Waals surface area contributed by atoms with Gasteiger partial charge in [0.05, 0.1) is 17.8 Å². The maximum Gasteiger partial charge on any atom is 0.303 e. The SMILES string of the molecule is CCCCC[C@](C)(O)/C=C/C1C(C/C=C\CCCC(=O)O)[C@@H](O)C[C@H]1O. The van der Waals surface area contributed by atoms with Crippen LogP contribution in [0.1, 0.15) is 71.6 Å². The molecular formula is C21H36O5. The number of allylic oxidation sites excluding steroid dienone is 2. The van der Waals surface area contributed by atoms with Crippen LogP contribution in [0.4, 0.5) is 0 Å². The third-order valence-electron chi connectivity index (χ3n) is 5.22. The molecule has 5 nitrogen and oxygen atoms in total. The Morgan fingerprint density at radius 2 is 1.88 bits per heavy atom. The fourth-order valence-corrected chi connectivity index (χ4v) is 3.58. The van der Waals surface area contributed by atoms with Crippen molar-refractivity contribution in [2.24, 2.45) is 11.8 Å². The summed E-state index contributed by atoms with van der Waals surface area (Å²) in [5, 5.41) is 39.6. The monoisotopic (exact) mass is 368 g/mol. The number of hydrogen-bond acceptors (Lipinski definition) is 4. The van der Waals surface area contributed by atoms with Gasteiger partial charge in [0, 0.05) is 18.8 Å². The van der Waals surface area contributed by atoms with E-state index in [1.165, 1.54) is 0 Å². The number of unbranched alkanes of at least 4 members (excludes halogenated alkanes) is 3. The Kier molecular flexibility index (Phi) is 10.1. The number of carbonyl (C=O) groups is 1. The van der Waals surface area contributed by atoms with Crippen LogP contribution in [0, 0.1) is 11.8 Å². The summed E-state index contributed by atoms with van der Waals surface area (Å²) in [4.78, 5) is 10.5. The van der Waals surface area contributed by atoms with E-state index in [-0.39, 0.29) is 18.3 Å². The van der Waals surface area contributed by atoms with Crippen LogP contribution in [0.25, 0.3) is 0 Å². The minimum absolute atomic E-state index is 0.0802. The normalized spacial score (nSPS) is 28.8. The van der Waals surface area contributed by atoms with Gasteiger partial charge in [-0.05, 0) is 38.5 Å². The van der Waals surface area contributed by atoms with Gasteiger partial charge >= 0.3 is 5.97 Å². The Morgan fingerprint density at radius 3 is 2.54 bits per heavy atom. The summed E-state index contributed by atoms with van der Waals surface area (Å²) in [5.74, 6) is -1.04. The molecule has 1 aliphatic rings. The largest absolute Gasteiger partial charge is 0.481 e. The zero-order valence-electron chi connectivity index (χ0n) is 16.2. The highest BCUT2D eigenvalue weighted by atomic mass is 16.4. The van der Waals surface area contributed by atoms with Crippen LogP contribution in [-0.4, -0.2) is 44.2 Å². The Balaban J connectivity index is 2.56. The molecule has 1 fully saturated rings. The van der Waals surface area contributed by atoms with Gasteiger partial charge in [-0.2, -0.15) is 0 Å². The Hall–Kier alpha value is -1.17. The first kappa shape index (κ1) is 22.9. The summed E-state index contributed by atoms with van der Waals surface area (Å²) in [7, 11) is 0. The average molecular weight is 369 g/mol. The molecule has 0 heterocycles. The molecule has 2 unspecified atom stereocenters. The molecule has 150 valence electrons. The van der Waals surface area contributed by atoms with Crippen molar-refractivity contribution in [2.45, 2.75) is 89.4 Å². The predicted molar refractivity (Wildman–Crippen MR) is 103 cm³/mol. The number of aliphatic carboxylic acids is 1. The van der Waals surface area contributed by atoms with Crippen molar-refractivity contribution >= 4 is 5.97 Å². The third-order valence-corrected chi connectivity index (χ3v) is 5.22. The van der Waals surface area contributed by atoms with E-state index < -0.39 is 23.8 Å². The van der Waals surface area contributed by atoms with E-state index in [2.05, 4.69) is 6.92 Å². The summed E-state index contributed by atoms with van der Waals surface area (Å²) in [6.45, 7) is 3.91. The smallest absolute Gasteiger partial charge is 0.303 e. The van der Waals surface area contributed by atoms with Gasteiger partial charge in [-0.25, -0.2) is 0 Å². The van der Waals surface area contributed by atoms with Gasteiger partial charge in [-0.1, -0.05) is 50.5 Å². The number of rotatable bonds is 12. The first-order chi connectivity index (χ1) is 12.3. The Morgan fingerprint density at radius 1 is 1.15 bits per heavy atom.